The SMILES string of the molecule is CC1(C)CCC[C@@]2(C)C1CC=C(CO)[C@]21COC(=O)O1. The smallest absolute Gasteiger partial charge is 0.430 e. The maximum atomic E-state index is 11.6. The Morgan fingerprint density at radius 3 is 2.70 bits per heavy atom. The third kappa shape index (κ3) is 1.60. The number of hydrogen-bond acceptors (Lipinski definition) is 4. The number of rotatable bonds is 1. The molecule has 1 aliphatic heterocycles. The minimum Gasteiger partial charge on any atom is -0.430 e. The molecule has 0 radical (unpaired) electrons. The van der Waals surface area contributed by atoms with Crippen molar-refractivity contribution in [3.8, 4) is 0 Å². The summed E-state index contributed by atoms with van der Waals surface area (Å²) in [5.74, 6) is 0.438. The predicted octanol–water partition coefficient (Wildman–Crippen LogP) is 3.05. The molecule has 2 aliphatic carbocycles. The van der Waals surface area contributed by atoms with Crippen LogP contribution in [0.15, 0.2) is 11.6 Å². The van der Waals surface area contributed by atoms with E-state index in [1.54, 1.807) is 0 Å². The van der Waals surface area contributed by atoms with Gasteiger partial charge in [0.15, 0.2) is 5.60 Å². The quantitative estimate of drug-likeness (QED) is 0.592. The number of fused-ring (bicyclic) bond motifs is 2. The summed E-state index contributed by atoms with van der Waals surface area (Å²) in [6.07, 6.45) is 5.74. The molecule has 20 heavy (non-hydrogen) atoms. The van der Waals surface area contributed by atoms with Gasteiger partial charge in [0.1, 0.15) is 6.61 Å². The Balaban J connectivity index is 2.11. The third-order valence-electron chi connectivity index (χ3n) is 6.09. The molecule has 3 atom stereocenters. The average molecular weight is 280 g/mol. The van der Waals surface area contributed by atoms with Crippen LogP contribution < -0.4 is 0 Å². The van der Waals surface area contributed by atoms with Crippen molar-refractivity contribution >= 4 is 6.16 Å². The molecule has 4 heteroatoms. The summed E-state index contributed by atoms with van der Waals surface area (Å²) in [5.41, 5.74) is 0.111. The first-order valence-corrected chi connectivity index (χ1v) is 7.52. The molecule has 112 valence electrons. The zero-order chi connectivity index (χ0) is 14.6. The monoisotopic (exact) mass is 280 g/mol. The Labute approximate surface area is 120 Å². The molecule has 0 aromatic carbocycles. The van der Waals surface area contributed by atoms with Crippen LogP contribution in [0.1, 0.15) is 46.5 Å². The second-order valence-corrected chi connectivity index (χ2v) is 7.40. The van der Waals surface area contributed by atoms with Gasteiger partial charge in [-0.3, -0.25) is 0 Å². The van der Waals surface area contributed by atoms with Gasteiger partial charge in [0.05, 0.1) is 6.61 Å². The van der Waals surface area contributed by atoms with E-state index < -0.39 is 11.8 Å². The molecule has 3 aliphatic rings. The van der Waals surface area contributed by atoms with Gasteiger partial charge in [-0.1, -0.05) is 33.3 Å². The van der Waals surface area contributed by atoms with Crippen molar-refractivity contribution in [2.75, 3.05) is 13.2 Å². The largest absolute Gasteiger partial charge is 0.509 e. The number of aliphatic hydroxyl groups is 1. The summed E-state index contributed by atoms with van der Waals surface area (Å²) in [6, 6.07) is 0. The molecule has 1 N–H and O–H groups in total. The predicted molar refractivity (Wildman–Crippen MR) is 74.2 cm³/mol. The van der Waals surface area contributed by atoms with E-state index >= 15 is 0 Å². The van der Waals surface area contributed by atoms with E-state index in [0.29, 0.717) is 5.92 Å². The number of aliphatic hydroxyl groups excluding tert-OH is 1. The minimum absolute atomic E-state index is 0.0701. The molecule has 0 aromatic rings. The van der Waals surface area contributed by atoms with Crippen LogP contribution in [-0.4, -0.2) is 30.1 Å². The Bertz CT molecular complexity index is 467. The summed E-state index contributed by atoms with van der Waals surface area (Å²) in [7, 11) is 0. The molecule has 2 fully saturated rings. The fraction of sp³-hybridized carbons (Fsp3) is 0.812. The highest BCUT2D eigenvalue weighted by Crippen LogP contribution is 2.63. The molecule has 1 saturated heterocycles. The van der Waals surface area contributed by atoms with Crippen molar-refractivity contribution in [1.29, 1.82) is 0 Å². The van der Waals surface area contributed by atoms with Gasteiger partial charge < -0.3 is 14.6 Å². The molecule has 1 heterocycles. The fourth-order valence-corrected chi connectivity index (χ4v) is 4.97. The maximum Gasteiger partial charge on any atom is 0.509 e. The van der Waals surface area contributed by atoms with Crippen molar-refractivity contribution in [1.82, 2.24) is 0 Å². The lowest BCUT2D eigenvalue weighted by Crippen LogP contribution is -2.61. The Hall–Kier alpha value is -1.03. The summed E-state index contributed by atoms with van der Waals surface area (Å²) < 4.78 is 10.8. The van der Waals surface area contributed by atoms with Crippen molar-refractivity contribution in [3.63, 3.8) is 0 Å². The van der Waals surface area contributed by atoms with Crippen LogP contribution in [0.25, 0.3) is 0 Å². The second-order valence-electron chi connectivity index (χ2n) is 7.40. The van der Waals surface area contributed by atoms with Crippen LogP contribution in [0.3, 0.4) is 0 Å². The number of cyclic esters (lactones) is 1. The lowest BCUT2D eigenvalue weighted by molar-refractivity contribution is -0.129. The van der Waals surface area contributed by atoms with Gasteiger partial charge in [-0.25, -0.2) is 4.79 Å². The van der Waals surface area contributed by atoms with Crippen LogP contribution in [-0.2, 0) is 9.47 Å². The highest BCUT2D eigenvalue weighted by Gasteiger charge is 2.65. The topological polar surface area (TPSA) is 55.8 Å². The Morgan fingerprint density at radius 1 is 1.35 bits per heavy atom. The normalized spacial score (nSPS) is 42.7. The van der Waals surface area contributed by atoms with Crippen LogP contribution in [0.4, 0.5) is 4.79 Å². The van der Waals surface area contributed by atoms with E-state index in [1.807, 2.05) is 0 Å². The number of hydrogen-bond donors (Lipinski definition) is 1. The first-order chi connectivity index (χ1) is 9.36. The van der Waals surface area contributed by atoms with Crippen molar-refractivity contribution in [2.45, 2.75) is 52.1 Å². The highest BCUT2D eigenvalue weighted by molar-refractivity contribution is 5.64. The zero-order valence-corrected chi connectivity index (χ0v) is 12.6. The molecule has 4 nitrogen and oxygen atoms in total. The van der Waals surface area contributed by atoms with Crippen molar-refractivity contribution in [3.05, 3.63) is 11.6 Å². The summed E-state index contributed by atoms with van der Waals surface area (Å²) >= 11 is 0. The van der Waals surface area contributed by atoms with Crippen LogP contribution in [0.2, 0.25) is 0 Å². The van der Waals surface area contributed by atoms with E-state index in [4.69, 9.17) is 9.47 Å². The molecule has 1 unspecified atom stereocenters. The summed E-state index contributed by atoms with van der Waals surface area (Å²) in [4.78, 5) is 11.6. The number of carbonyl (C=O) groups is 1. The van der Waals surface area contributed by atoms with Crippen LogP contribution >= 0.6 is 0 Å². The van der Waals surface area contributed by atoms with Gasteiger partial charge in [0.2, 0.25) is 0 Å². The molecule has 0 aromatic heterocycles. The summed E-state index contributed by atoms with van der Waals surface area (Å²) in [5, 5.41) is 9.72. The fourth-order valence-electron chi connectivity index (χ4n) is 4.97. The van der Waals surface area contributed by atoms with Crippen molar-refractivity contribution < 1.29 is 19.4 Å². The van der Waals surface area contributed by atoms with E-state index in [-0.39, 0.29) is 24.0 Å². The van der Waals surface area contributed by atoms with Gasteiger partial charge in [-0.05, 0) is 36.2 Å². The van der Waals surface area contributed by atoms with Gasteiger partial charge >= 0.3 is 6.16 Å². The number of allylic oxidation sites excluding steroid dienone is 1. The Kier molecular flexibility index (Phi) is 2.95. The standard InChI is InChI=1S/C16H24O4/c1-14(2)7-4-8-15(3)12(14)6-5-11(9-17)16(15)10-19-13(18)20-16/h5,12,17H,4,6-10H2,1-3H3/t12?,15-,16+/m0/s1. The number of ether oxygens (including phenoxy) is 2. The summed E-state index contributed by atoms with van der Waals surface area (Å²) in [6.45, 7) is 6.99. The molecule has 0 amide bonds. The molecule has 1 spiro atoms. The van der Waals surface area contributed by atoms with Crippen molar-refractivity contribution in [2.24, 2.45) is 16.7 Å². The van der Waals surface area contributed by atoms with E-state index in [0.717, 1.165) is 24.8 Å². The Morgan fingerprint density at radius 2 is 2.10 bits per heavy atom. The molecule has 0 bridgehead atoms. The minimum atomic E-state index is -0.764. The van der Waals surface area contributed by atoms with E-state index in [9.17, 15) is 9.90 Å². The molecule has 1 saturated carbocycles. The van der Waals surface area contributed by atoms with E-state index in [2.05, 4.69) is 26.8 Å². The van der Waals surface area contributed by atoms with Gasteiger partial charge in [-0.2, -0.15) is 0 Å². The maximum absolute atomic E-state index is 11.6. The lowest BCUT2D eigenvalue weighted by atomic mass is 9.47. The lowest BCUT2D eigenvalue weighted by Gasteiger charge is -2.59. The van der Waals surface area contributed by atoms with E-state index in [1.165, 1.54) is 6.42 Å². The number of carbonyl (C=O) groups excluding carboxylic acids is 1. The first-order valence-electron chi connectivity index (χ1n) is 7.52. The third-order valence-corrected chi connectivity index (χ3v) is 6.09. The molecular weight excluding hydrogens is 256 g/mol. The first kappa shape index (κ1) is 13.9. The van der Waals surface area contributed by atoms with Crippen LogP contribution in [0, 0.1) is 16.7 Å². The van der Waals surface area contributed by atoms with Gasteiger partial charge in [-0.15, -0.1) is 0 Å². The second kappa shape index (κ2) is 4.23. The highest BCUT2D eigenvalue weighted by atomic mass is 16.8. The zero-order valence-electron chi connectivity index (χ0n) is 12.6. The van der Waals surface area contributed by atoms with Gasteiger partial charge in [0.25, 0.3) is 0 Å². The molecular formula is C16H24O4. The average Bonchev–Trinajstić information content (AvgIpc) is 2.75. The molecule has 3 rings (SSSR count). The van der Waals surface area contributed by atoms with Crippen LogP contribution in [0.5, 0.6) is 0 Å². The van der Waals surface area contributed by atoms with Gasteiger partial charge in [0, 0.05) is 5.41 Å².